The van der Waals surface area contributed by atoms with Gasteiger partial charge in [-0.1, -0.05) is 13.0 Å². The van der Waals surface area contributed by atoms with Crippen LogP contribution in [0.5, 0.6) is 0 Å². The molecule has 3 heteroatoms. The molecular formula is C13H21N3. The summed E-state index contributed by atoms with van der Waals surface area (Å²) in [7, 11) is 0. The average Bonchev–Trinajstić information content (AvgIpc) is 2.29. The lowest BCUT2D eigenvalue weighted by atomic mass is 10.0. The van der Waals surface area contributed by atoms with Gasteiger partial charge in [0.05, 0.1) is 0 Å². The van der Waals surface area contributed by atoms with E-state index in [0.717, 1.165) is 36.1 Å². The molecule has 16 heavy (non-hydrogen) atoms. The Morgan fingerprint density at radius 3 is 2.94 bits per heavy atom. The maximum atomic E-state index is 5.65. The van der Waals surface area contributed by atoms with E-state index in [-0.39, 0.29) is 0 Å². The van der Waals surface area contributed by atoms with Crippen molar-refractivity contribution < 1.29 is 0 Å². The van der Waals surface area contributed by atoms with Crippen LogP contribution in [0.25, 0.3) is 0 Å². The fourth-order valence-corrected chi connectivity index (χ4v) is 2.37. The molecule has 1 saturated heterocycles. The summed E-state index contributed by atoms with van der Waals surface area (Å²) in [6, 6.07) is 4.21. The van der Waals surface area contributed by atoms with Gasteiger partial charge in [-0.3, -0.25) is 0 Å². The molecule has 1 aliphatic heterocycles. The van der Waals surface area contributed by atoms with Crippen LogP contribution in [0.4, 0.5) is 5.82 Å². The molecule has 1 atom stereocenters. The molecule has 2 heterocycles. The number of piperidine rings is 1. The second-order valence-corrected chi connectivity index (χ2v) is 4.81. The Hall–Kier alpha value is -1.09. The van der Waals surface area contributed by atoms with E-state index in [2.05, 4.69) is 28.9 Å². The Morgan fingerprint density at radius 1 is 1.50 bits per heavy atom. The lowest BCUT2D eigenvalue weighted by Gasteiger charge is -2.32. The highest BCUT2D eigenvalue weighted by Crippen LogP contribution is 2.22. The number of rotatable bonds is 2. The maximum absolute atomic E-state index is 5.65. The standard InChI is InChI=1S/C13H21N3/c1-10-4-3-7-16(9-10)13-6-5-12(8-14)11(2)15-13/h5-6,10H,3-4,7-9,14H2,1-2H3. The molecule has 0 aromatic carbocycles. The molecule has 0 bridgehead atoms. The number of nitrogens with two attached hydrogens (primary N) is 1. The van der Waals surface area contributed by atoms with E-state index in [0.29, 0.717) is 6.54 Å². The largest absolute Gasteiger partial charge is 0.356 e. The number of hydrogen-bond acceptors (Lipinski definition) is 3. The lowest BCUT2D eigenvalue weighted by molar-refractivity contribution is 0.444. The first kappa shape index (κ1) is 11.4. The molecule has 1 fully saturated rings. The van der Waals surface area contributed by atoms with E-state index in [4.69, 9.17) is 5.73 Å². The summed E-state index contributed by atoms with van der Waals surface area (Å²) in [5.74, 6) is 1.89. The molecule has 0 amide bonds. The SMILES string of the molecule is Cc1nc(N2CCCC(C)C2)ccc1CN. The minimum Gasteiger partial charge on any atom is -0.356 e. The van der Waals surface area contributed by atoms with Crippen molar-refractivity contribution in [3.05, 3.63) is 23.4 Å². The Labute approximate surface area is 97.7 Å². The smallest absolute Gasteiger partial charge is 0.128 e. The lowest BCUT2D eigenvalue weighted by Crippen LogP contribution is -2.34. The quantitative estimate of drug-likeness (QED) is 0.828. The molecule has 0 radical (unpaired) electrons. The van der Waals surface area contributed by atoms with Crippen LogP contribution in [0.1, 0.15) is 31.0 Å². The van der Waals surface area contributed by atoms with Gasteiger partial charge in [0, 0.05) is 25.3 Å². The average molecular weight is 219 g/mol. The van der Waals surface area contributed by atoms with Gasteiger partial charge in [0.15, 0.2) is 0 Å². The first-order valence-electron chi connectivity index (χ1n) is 6.12. The van der Waals surface area contributed by atoms with E-state index in [9.17, 15) is 0 Å². The van der Waals surface area contributed by atoms with Crippen LogP contribution >= 0.6 is 0 Å². The number of aryl methyl sites for hydroxylation is 1. The second kappa shape index (κ2) is 4.83. The van der Waals surface area contributed by atoms with Gasteiger partial charge in [-0.25, -0.2) is 4.98 Å². The van der Waals surface area contributed by atoms with Crippen LogP contribution < -0.4 is 10.6 Å². The van der Waals surface area contributed by atoms with E-state index in [1.807, 2.05) is 6.92 Å². The molecule has 2 rings (SSSR count). The summed E-state index contributed by atoms with van der Waals surface area (Å²) >= 11 is 0. The highest BCUT2D eigenvalue weighted by molar-refractivity contribution is 5.42. The van der Waals surface area contributed by atoms with Crippen molar-refractivity contribution in [3.8, 4) is 0 Å². The van der Waals surface area contributed by atoms with E-state index in [1.165, 1.54) is 12.8 Å². The molecule has 1 unspecified atom stereocenters. The molecule has 3 nitrogen and oxygen atoms in total. The summed E-state index contributed by atoms with van der Waals surface area (Å²) in [5.41, 5.74) is 7.86. The summed E-state index contributed by atoms with van der Waals surface area (Å²) in [4.78, 5) is 7.04. The van der Waals surface area contributed by atoms with Crippen LogP contribution in [0, 0.1) is 12.8 Å². The summed E-state index contributed by atoms with van der Waals surface area (Å²) in [6.45, 7) is 7.20. The zero-order valence-corrected chi connectivity index (χ0v) is 10.2. The van der Waals surface area contributed by atoms with Gasteiger partial charge in [0.1, 0.15) is 5.82 Å². The van der Waals surface area contributed by atoms with Gasteiger partial charge in [-0.2, -0.15) is 0 Å². The number of nitrogens with zero attached hydrogens (tertiary/aromatic N) is 2. The highest BCUT2D eigenvalue weighted by atomic mass is 15.2. The Morgan fingerprint density at radius 2 is 2.31 bits per heavy atom. The topological polar surface area (TPSA) is 42.2 Å². The Balaban J connectivity index is 2.17. The van der Waals surface area contributed by atoms with Crippen molar-refractivity contribution in [3.63, 3.8) is 0 Å². The van der Waals surface area contributed by atoms with Crippen molar-refractivity contribution in [2.24, 2.45) is 11.7 Å². The third kappa shape index (κ3) is 2.35. The fourth-order valence-electron chi connectivity index (χ4n) is 2.37. The van der Waals surface area contributed by atoms with Crippen molar-refractivity contribution in [2.75, 3.05) is 18.0 Å². The number of hydrogen-bond donors (Lipinski definition) is 1. The number of anilines is 1. The van der Waals surface area contributed by atoms with Gasteiger partial charge < -0.3 is 10.6 Å². The van der Waals surface area contributed by atoms with E-state index >= 15 is 0 Å². The van der Waals surface area contributed by atoms with Gasteiger partial charge >= 0.3 is 0 Å². The van der Waals surface area contributed by atoms with Crippen LogP contribution in [0.3, 0.4) is 0 Å². The molecule has 1 aromatic heterocycles. The Bertz CT molecular complexity index is 362. The van der Waals surface area contributed by atoms with Crippen LogP contribution in [0.2, 0.25) is 0 Å². The first-order chi connectivity index (χ1) is 7.70. The van der Waals surface area contributed by atoms with Crippen LogP contribution in [-0.2, 0) is 6.54 Å². The molecule has 1 aliphatic rings. The second-order valence-electron chi connectivity index (χ2n) is 4.81. The predicted octanol–water partition coefficient (Wildman–Crippen LogP) is 2.09. The van der Waals surface area contributed by atoms with Gasteiger partial charge in [0.2, 0.25) is 0 Å². The molecule has 0 saturated carbocycles. The monoisotopic (exact) mass is 219 g/mol. The van der Waals surface area contributed by atoms with Crippen molar-refractivity contribution in [1.29, 1.82) is 0 Å². The van der Waals surface area contributed by atoms with Gasteiger partial charge in [-0.05, 0) is 37.3 Å². The summed E-state index contributed by atoms with van der Waals surface area (Å²) in [6.07, 6.45) is 2.62. The molecule has 0 spiro atoms. The first-order valence-corrected chi connectivity index (χ1v) is 6.12. The molecular weight excluding hydrogens is 198 g/mol. The predicted molar refractivity (Wildman–Crippen MR) is 67.5 cm³/mol. The summed E-state index contributed by atoms with van der Waals surface area (Å²) in [5, 5.41) is 0. The van der Waals surface area contributed by atoms with Gasteiger partial charge in [0.25, 0.3) is 0 Å². The van der Waals surface area contributed by atoms with Crippen molar-refractivity contribution in [1.82, 2.24) is 4.98 Å². The minimum atomic E-state index is 0.579. The minimum absolute atomic E-state index is 0.579. The van der Waals surface area contributed by atoms with E-state index < -0.39 is 0 Å². The van der Waals surface area contributed by atoms with Crippen LogP contribution in [0.15, 0.2) is 12.1 Å². The normalized spacial score (nSPS) is 21.2. The number of pyridine rings is 1. The third-order valence-corrected chi connectivity index (χ3v) is 3.38. The highest BCUT2D eigenvalue weighted by Gasteiger charge is 2.17. The van der Waals surface area contributed by atoms with E-state index in [1.54, 1.807) is 0 Å². The molecule has 88 valence electrons. The third-order valence-electron chi connectivity index (χ3n) is 3.38. The summed E-state index contributed by atoms with van der Waals surface area (Å²) < 4.78 is 0. The Kier molecular flexibility index (Phi) is 3.44. The van der Waals surface area contributed by atoms with Crippen molar-refractivity contribution in [2.45, 2.75) is 33.2 Å². The van der Waals surface area contributed by atoms with Crippen molar-refractivity contribution >= 4 is 5.82 Å². The molecule has 0 aliphatic carbocycles. The maximum Gasteiger partial charge on any atom is 0.128 e. The van der Waals surface area contributed by atoms with Crippen LogP contribution in [-0.4, -0.2) is 18.1 Å². The van der Waals surface area contributed by atoms with Gasteiger partial charge in [-0.15, -0.1) is 0 Å². The molecule has 2 N–H and O–H groups in total. The molecule has 1 aromatic rings. The number of aromatic nitrogens is 1. The zero-order chi connectivity index (χ0) is 11.5. The zero-order valence-electron chi connectivity index (χ0n) is 10.2. The fraction of sp³-hybridized carbons (Fsp3) is 0.615.